The molecule has 0 bridgehead atoms. The average molecular weight is 728 g/mol. The Morgan fingerprint density at radius 1 is 0.698 bits per heavy atom. The minimum Gasteiger partial charge on any atom is -0.460 e. The van der Waals surface area contributed by atoms with Gasteiger partial charge in [0.2, 0.25) is 5.36 Å². The monoisotopic (exact) mass is 727 g/mol. The smallest absolute Gasteiger partial charge is 0.210 e. The molecule has 0 spiro atoms. The summed E-state index contributed by atoms with van der Waals surface area (Å²) in [5, 5.41) is 3.60. The Morgan fingerprint density at radius 3 is 2.19 bits per heavy atom. The summed E-state index contributed by atoms with van der Waals surface area (Å²) in [4.78, 5) is 2.61. The molecule has 0 unspecified atom stereocenters. The maximum absolute atomic E-state index is 7.35. The van der Waals surface area contributed by atoms with Gasteiger partial charge in [-0.1, -0.05) is 77.4 Å². The van der Waals surface area contributed by atoms with Crippen LogP contribution in [0.3, 0.4) is 0 Å². The van der Waals surface area contributed by atoms with Gasteiger partial charge in [0.1, 0.15) is 36.1 Å². The van der Waals surface area contributed by atoms with Crippen LogP contribution in [-0.2, 0) is 25.7 Å². The fourth-order valence-corrected chi connectivity index (χ4v) is 9.96. The predicted molar refractivity (Wildman–Crippen MR) is 220 cm³/mol. The van der Waals surface area contributed by atoms with Gasteiger partial charge in [0.25, 0.3) is 0 Å². The van der Waals surface area contributed by atoms with Crippen LogP contribution in [0.25, 0.3) is 11.1 Å². The van der Waals surface area contributed by atoms with Crippen LogP contribution in [0.4, 0.5) is 5.69 Å². The summed E-state index contributed by atoms with van der Waals surface area (Å²) in [6.45, 7) is 18.2. The molecule has 0 aromatic heterocycles. The zero-order chi connectivity index (χ0) is 36.6. The highest BCUT2D eigenvalue weighted by Gasteiger charge is 2.34. The Kier molecular flexibility index (Phi) is 8.72. The maximum Gasteiger partial charge on any atom is 0.210 e. The topological polar surface area (TPSA) is 24.7 Å². The number of aryl methyl sites for hydroxylation is 2. The van der Waals surface area contributed by atoms with Crippen molar-refractivity contribution in [2.45, 2.75) is 112 Å². The lowest BCUT2D eigenvalue weighted by atomic mass is 9.83. The number of anilines is 1. The van der Waals surface area contributed by atoms with Gasteiger partial charge >= 0.3 is 0 Å². The number of allylic oxidation sites excluding steroid dienone is 12. The van der Waals surface area contributed by atoms with E-state index in [-0.39, 0.29) is 10.8 Å². The standard InChI is InChI=1S/C48H56ClN2O2/c1-47(2,3)40-28-32(38-26-34-14-8-22-50-24-10-16-36(43(34)50)45(38)52-40)20-18-30-12-7-13-31(42(30)49)19-21-33-29-41(48(4,5)6)53-46-37-17-11-25-51-23-9-15-35(44(37)51)27-39(33)46/h18-21,26-29H,7-17,22-25H2,1-6H3/q+1. The molecule has 276 valence electrons. The van der Waals surface area contributed by atoms with Gasteiger partial charge in [-0.3, -0.25) is 0 Å². The van der Waals surface area contributed by atoms with E-state index in [4.69, 9.17) is 21.1 Å². The van der Waals surface area contributed by atoms with Crippen molar-refractivity contribution in [3.8, 4) is 11.5 Å². The van der Waals surface area contributed by atoms with Crippen molar-refractivity contribution < 1.29 is 9.47 Å². The number of nitrogens with zero attached hydrogens (tertiary/aromatic N) is 2. The van der Waals surface area contributed by atoms with E-state index in [1.165, 1.54) is 92.1 Å². The first-order chi connectivity index (χ1) is 25.4. The SMILES string of the molecule is CC(C)(C)C1=C/C(=C\C=C2/CCCC(/C=C/C3=c4cc5c6c(c4OC(C(C)(C)C)=C3)CCC[N+]=6CCC5)=C2Cl)c2cc3c4c(c2O1)CCCN4CCC3. The molecule has 0 amide bonds. The third-order valence-electron chi connectivity index (χ3n) is 12.4. The van der Waals surface area contributed by atoms with Gasteiger partial charge < -0.3 is 14.4 Å². The summed E-state index contributed by atoms with van der Waals surface area (Å²) < 4.78 is 16.3. The van der Waals surface area contributed by atoms with E-state index in [1.54, 1.807) is 0 Å². The van der Waals surface area contributed by atoms with Crippen LogP contribution in [0.1, 0.15) is 114 Å². The molecule has 0 radical (unpaired) electrons. The molecule has 7 aliphatic rings. The molecule has 0 N–H and O–H groups in total. The summed E-state index contributed by atoms with van der Waals surface area (Å²) in [6, 6.07) is 4.87. The summed E-state index contributed by atoms with van der Waals surface area (Å²) in [7, 11) is 0. The second kappa shape index (κ2) is 13.2. The highest BCUT2D eigenvalue weighted by molar-refractivity contribution is 6.32. The van der Waals surface area contributed by atoms with Crippen molar-refractivity contribution in [1.29, 1.82) is 0 Å². The number of ether oxygens (including phenoxy) is 2. The largest absolute Gasteiger partial charge is 0.460 e. The molecule has 4 nitrogen and oxygen atoms in total. The Hall–Kier alpha value is -3.76. The minimum atomic E-state index is -0.0978. The average Bonchev–Trinajstić information content (AvgIpc) is 3.13. The predicted octanol–water partition coefficient (Wildman–Crippen LogP) is 9.81. The molecule has 53 heavy (non-hydrogen) atoms. The van der Waals surface area contributed by atoms with E-state index in [2.05, 4.69) is 99.6 Å². The lowest BCUT2D eigenvalue weighted by Gasteiger charge is -2.40. The molecule has 0 atom stereocenters. The number of halogens is 1. The molecule has 0 saturated carbocycles. The number of hydrogen-bond acceptors (Lipinski definition) is 3. The quantitative estimate of drug-likeness (QED) is 0.295. The molecule has 0 fully saturated rings. The van der Waals surface area contributed by atoms with Crippen molar-refractivity contribution in [3.05, 3.63) is 115 Å². The minimum absolute atomic E-state index is 0.0978. The molecule has 2 aromatic carbocycles. The van der Waals surface area contributed by atoms with E-state index < -0.39 is 0 Å². The van der Waals surface area contributed by atoms with Crippen LogP contribution in [-0.4, -0.2) is 26.2 Å². The van der Waals surface area contributed by atoms with Crippen LogP contribution in [0.2, 0.25) is 0 Å². The first kappa shape index (κ1) is 35.0. The highest BCUT2D eigenvalue weighted by Crippen LogP contribution is 2.49. The fraction of sp³-hybridized carbons (Fsp3) is 0.479. The van der Waals surface area contributed by atoms with Crippen molar-refractivity contribution in [1.82, 2.24) is 4.58 Å². The fourth-order valence-electron chi connectivity index (χ4n) is 9.64. The Bertz CT molecular complexity index is 2240. The number of hydrogen-bond donors (Lipinski definition) is 0. The lowest BCUT2D eigenvalue weighted by molar-refractivity contribution is 0.286. The van der Waals surface area contributed by atoms with E-state index >= 15 is 0 Å². The van der Waals surface area contributed by atoms with Gasteiger partial charge in [-0.15, -0.1) is 0 Å². The molecule has 5 heteroatoms. The first-order valence-corrected chi connectivity index (χ1v) is 20.8. The Labute approximate surface area is 321 Å². The number of rotatable bonds is 3. The number of benzene rings is 2. The molecule has 6 heterocycles. The summed E-state index contributed by atoms with van der Waals surface area (Å²) in [5.74, 6) is 4.24. The molecule has 1 aliphatic carbocycles. The second-order valence-corrected chi connectivity index (χ2v) is 18.8. The summed E-state index contributed by atoms with van der Waals surface area (Å²) >= 11 is 7.35. The van der Waals surface area contributed by atoms with Gasteiger partial charge in [-0.05, 0) is 110 Å². The molecular weight excluding hydrogens is 672 g/mol. The first-order valence-electron chi connectivity index (χ1n) is 20.5. The van der Waals surface area contributed by atoms with Crippen molar-refractivity contribution in [2.24, 2.45) is 10.8 Å². The lowest BCUT2D eigenvalue weighted by Crippen LogP contribution is -2.45. The third-order valence-corrected chi connectivity index (χ3v) is 12.9. The van der Waals surface area contributed by atoms with Crippen LogP contribution in [0, 0.1) is 10.8 Å². The van der Waals surface area contributed by atoms with Crippen LogP contribution < -0.4 is 29.5 Å². The summed E-state index contributed by atoms with van der Waals surface area (Å²) in [5.41, 5.74) is 13.2. The summed E-state index contributed by atoms with van der Waals surface area (Å²) in [6.07, 6.45) is 26.1. The second-order valence-electron chi connectivity index (χ2n) is 18.4. The molecule has 2 aromatic rings. The molecular formula is C48H56ClN2O2+. The Morgan fingerprint density at radius 2 is 1.40 bits per heavy atom. The van der Waals surface area contributed by atoms with Gasteiger partial charge in [-0.25, -0.2) is 4.58 Å². The van der Waals surface area contributed by atoms with Crippen molar-refractivity contribution in [2.75, 3.05) is 31.1 Å². The van der Waals surface area contributed by atoms with E-state index in [0.29, 0.717) is 0 Å². The number of fused-ring (bicyclic) bond motifs is 4. The van der Waals surface area contributed by atoms with Crippen LogP contribution in [0.5, 0.6) is 11.5 Å². The van der Waals surface area contributed by atoms with Gasteiger partial charge in [-0.2, -0.15) is 0 Å². The molecule has 0 saturated heterocycles. The molecule has 6 aliphatic heterocycles. The molecule has 9 rings (SSSR count). The van der Waals surface area contributed by atoms with Crippen LogP contribution >= 0.6 is 11.6 Å². The third kappa shape index (κ3) is 6.27. The van der Waals surface area contributed by atoms with E-state index in [0.717, 1.165) is 99.2 Å². The van der Waals surface area contributed by atoms with Gasteiger partial charge in [0.05, 0.1) is 5.56 Å². The highest BCUT2D eigenvalue weighted by atomic mass is 35.5. The van der Waals surface area contributed by atoms with E-state index in [9.17, 15) is 0 Å². The zero-order valence-electron chi connectivity index (χ0n) is 32.8. The van der Waals surface area contributed by atoms with Crippen LogP contribution in [0.15, 0.2) is 76.3 Å². The normalized spacial score (nSPS) is 22.6. The van der Waals surface area contributed by atoms with Gasteiger partial charge in [0.15, 0.2) is 0 Å². The zero-order valence-corrected chi connectivity index (χ0v) is 33.6. The maximum atomic E-state index is 7.35. The van der Waals surface area contributed by atoms with E-state index in [1.807, 2.05) is 0 Å². The Balaban J connectivity index is 1.12. The van der Waals surface area contributed by atoms with Crippen molar-refractivity contribution >= 4 is 28.4 Å². The van der Waals surface area contributed by atoms with Crippen molar-refractivity contribution in [3.63, 3.8) is 0 Å². The van der Waals surface area contributed by atoms with Gasteiger partial charge in [0, 0.05) is 69.4 Å².